The predicted octanol–water partition coefficient (Wildman–Crippen LogP) is 2.06. The van der Waals surface area contributed by atoms with Gasteiger partial charge in [0.2, 0.25) is 0 Å². The largest absolute Gasteiger partial charge is 0.396 e. The van der Waals surface area contributed by atoms with Crippen LogP contribution in [0.1, 0.15) is 33.6 Å². The lowest BCUT2D eigenvalue weighted by atomic mass is 10.4. The standard InChI is InChI=1S/C4H11O3P.C4H10O/c1-3-6-8(5)7-4-2;1-2-3-4-5/h5H,3-4H2,1-2H3;5H,2-4H2,1H3. The molecule has 2 N–H and O–H groups in total. The first kappa shape index (κ1) is 15.7. The van der Waals surface area contributed by atoms with Gasteiger partial charge < -0.3 is 19.0 Å². The maximum absolute atomic E-state index is 8.67. The third-order valence-corrected chi connectivity index (χ3v) is 1.95. The first-order valence-electron chi connectivity index (χ1n) is 4.58. The van der Waals surface area contributed by atoms with E-state index >= 15 is 0 Å². The molecule has 0 amide bonds. The Balaban J connectivity index is 0. The molecular weight excluding hydrogens is 191 g/mol. The lowest BCUT2D eigenvalue weighted by Crippen LogP contribution is -1.87. The van der Waals surface area contributed by atoms with E-state index in [0.29, 0.717) is 19.8 Å². The highest BCUT2D eigenvalue weighted by atomic mass is 31.2. The molecule has 0 aliphatic carbocycles. The molecule has 0 unspecified atom stereocenters. The zero-order valence-electron chi connectivity index (χ0n) is 8.69. The van der Waals surface area contributed by atoms with Gasteiger partial charge in [-0.1, -0.05) is 13.3 Å². The molecule has 0 saturated heterocycles. The van der Waals surface area contributed by atoms with Crippen LogP contribution in [-0.4, -0.2) is 29.8 Å². The molecule has 0 atom stereocenters. The molecule has 0 radical (unpaired) electrons. The van der Waals surface area contributed by atoms with Crippen molar-refractivity contribution in [2.24, 2.45) is 0 Å². The quantitative estimate of drug-likeness (QED) is 0.661. The first-order chi connectivity index (χ1) is 6.22. The predicted molar refractivity (Wildman–Crippen MR) is 54.4 cm³/mol. The van der Waals surface area contributed by atoms with E-state index in [1.165, 1.54) is 0 Å². The van der Waals surface area contributed by atoms with Gasteiger partial charge in [-0.05, 0) is 20.3 Å². The highest BCUT2D eigenvalue weighted by Crippen LogP contribution is 2.31. The first-order valence-corrected chi connectivity index (χ1v) is 5.71. The molecule has 0 aromatic carbocycles. The summed E-state index contributed by atoms with van der Waals surface area (Å²) >= 11 is 0. The van der Waals surface area contributed by atoms with Crippen molar-refractivity contribution < 1.29 is 19.0 Å². The van der Waals surface area contributed by atoms with Gasteiger partial charge in [0.1, 0.15) is 0 Å². The monoisotopic (exact) mass is 212 g/mol. The van der Waals surface area contributed by atoms with Gasteiger partial charge in [-0.2, -0.15) is 0 Å². The average molecular weight is 212 g/mol. The zero-order chi connectivity index (χ0) is 10.5. The molecule has 4 nitrogen and oxygen atoms in total. The number of unbranched alkanes of at least 4 members (excludes halogenated alkanes) is 1. The highest BCUT2D eigenvalue weighted by Gasteiger charge is 2.00. The summed E-state index contributed by atoms with van der Waals surface area (Å²) in [5, 5.41) is 8.07. The van der Waals surface area contributed by atoms with Gasteiger partial charge in [0.05, 0.1) is 13.2 Å². The lowest BCUT2D eigenvalue weighted by Gasteiger charge is -2.05. The third-order valence-electron chi connectivity index (χ3n) is 0.991. The summed E-state index contributed by atoms with van der Waals surface area (Å²) in [7, 11) is -1.58. The summed E-state index contributed by atoms with van der Waals surface area (Å²) in [6, 6.07) is 0. The van der Waals surface area contributed by atoms with Crippen LogP contribution in [0.15, 0.2) is 0 Å². The van der Waals surface area contributed by atoms with Crippen LogP contribution >= 0.6 is 8.60 Å². The van der Waals surface area contributed by atoms with Crippen LogP contribution in [-0.2, 0) is 9.05 Å². The lowest BCUT2D eigenvalue weighted by molar-refractivity contribution is 0.216. The van der Waals surface area contributed by atoms with Crippen molar-refractivity contribution in [1.29, 1.82) is 0 Å². The topological polar surface area (TPSA) is 58.9 Å². The van der Waals surface area contributed by atoms with Gasteiger partial charge in [-0.25, -0.2) is 0 Å². The Labute approximate surface area is 81.9 Å². The van der Waals surface area contributed by atoms with Crippen LogP contribution in [0.2, 0.25) is 0 Å². The van der Waals surface area contributed by atoms with Crippen LogP contribution in [0.3, 0.4) is 0 Å². The Hall–Kier alpha value is 0.270. The van der Waals surface area contributed by atoms with Gasteiger partial charge in [-0.3, -0.25) is 0 Å². The van der Waals surface area contributed by atoms with Gasteiger partial charge in [0.25, 0.3) is 0 Å². The molecule has 0 rings (SSSR count). The number of hydrogen-bond acceptors (Lipinski definition) is 4. The molecule has 82 valence electrons. The van der Waals surface area contributed by atoms with Gasteiger partial charge in [-0.15, -0.1) is 0 Å². The summed E-state index contributed by atoms with van der Waals surface area (Å²) in [4.78, 5) is 8.67. The van der Waals surface area contributed by atoms with E-state index in [9.17, 15) is 0 Å². The number of aliphatic hydroxyl groups is 1. The van der Waals surface area contributed by atoms with Crippen LogP contribution in [0, 0.1) is 0 Å². The molecule has 0 fully saturated rings. The Bertz CT molecular complexity index is 74.5. The third kappa shape index (κ3) is 18.9. The summed E-state index contributed by atoms with van der Waals surface area (Å²) in [5.41, 5.74) is 0. The Morgan fingerprint density at radius 3 is 1.69 bits per heavy atom. The fourth-order valence-electron chi connectivity index (χ4n) is 0.416. The highest BCUT2D eigenvalue weighted by molar-refractivity contribution is 7.40. The molecule has 5 heteroatoms. The van der Waals surface area contributed by atoms with E-state index in [1.54, 1.807) is 0 Å². The molecule has 0 saturated carbocycles. The summed E-state index contributed by atoms with van der Waals surface area (Å²) in [5.74, 6) is 0. The van der Waals surface area contributed by atoms with E-state index in [4.69, 9.17) is 10.00 Å². The average Bonchev–Trinajstić information content (AvgIpc) is 2.08. The summed E-state index contributed by atoms with van der Waals surface area (Å²) in [6.07, 6.45) is 2.04. The fourth-order valence-corrected chi connectivity index (χ4v) is 0.933. The Morgan fingerprint density at radius 1 is 1.08 bits per heavy atom. The van der Waals surface area contributed by atoms with Crippen molar-refractivity contribution in [2.75, 3.05) is 19.8 Å². The molecule has 0 aliphatic rings. The van der Waals surface area contributed by atoms with Crippen molar-refractivity contribution in [3.63, 3.8) is 0 Å². The van der Waals surface area contributed by atoms with Crippen molar-refractivity contribution >= 4 is 8.60 Å². The van der Waals surface area contributed by atoms with Gasteiger partial charge in [0.15, 0.2) is 0 Å². The smallest absolute Gasteiger partial charge is 0.329 e. The number of hydrogen-bond donors (Lipinski definition) is 2. The van der Waals surface area contributed by atoms with Gasteiger partial charge >= 0.3 is 8.60 Å². The Kier molecular flexibility index (Phi) is 17.9. The number of aliphatic hydroxyl groups excluding tert-OH is 1. The molecule has 0 spiro atoms. The van der Waals surface area contributed by atoms with Crippen molar-refractivity contribution in [3.8, 4) is 0 Å². The van der Waals surface area contributed by atoms with Crippen molar-refractivity contribution in [1.82, 2.24) is 0 Å². The molecule has 0 bridgehead atoms. The minimum Gasteiger partial charge on any atom is -0.396 e. The van der Waals surface area contributed by atoms with Crippen molar-refractivity contribution in [2.45, 2.75) is 33.6 Å². The van der Waals surface area contributed by atoms with E-state index in [1.807, 2.05) is 13.8 Å². The molecule has 13 heavy (non-hydrogen) atoms. The van der Waals surface area contributed by atoms with Crippen LogP contribution in [0.25, 0.3) is 0 Å². The van der Waals surface area contributed by atoms with E-state index in [2.05, 4.69) is 16.0 Å². The maximum atomic E-state index is 8.67. The molecule has 0 aromatic heterocycles. The maximum Gasteiger partial charge on any atom is 0.329 e. The molecule has 0 aliphatic heterocycles. The van der Waals surface area contributed by atoms with Crippen LogP contribution < -0.4 is 0 Å². The minimum atomic E-state index is -1.58. The second-order valence-corrected chi connectivity index (χ2v) is 3.14. The van der Waals surface area contributed by atoms with E-state index < -0.39 is 8.60 Å². The summed E-state index contributed by atoms with van der Waals surface area (Å²) < 4.78 is 9.36. The minimum absolute atomic E-state index is 0.344. The molecule has 0 heterocycles. The zero-order valence-corrected chi connectivity index (χ0v) is 9.59. The van der Waals surface area contributed by atoms with E-state index in [-0.39, 0.29) is 0 Å². The molecular formula is C8H21O4P. The van der Waals surface area contributed by atoms with E-state index in [0.717, 1.165) is 12.8 Å². The second-order valence-electron chi connectivity index (χ2n) is 2.15. The Morgan fingerprint density at radius 2 is 1.54 bits per heavy atom. The van der Waals surface area contributed by atoms with Crippen LogP contribution in [0.5, 0.6) is 0 Å². The van der Waals surface area contributed by atoms with Crippen LogP contribution in [0.4, 0.5) is 0 Å². The number of rotatable bonds is 6. The second kappa shape index (κ2) is 14.8. The normalized spacial score (nSPS) is 9.69. The van der Waals surface area contributed by atoms with Crippen molar-refractivity contribution in [3.05, 3.63) is 0 Å². The van der Waals surface area contributed by atoms with Gasteiger partial charge in [0, 0.05) is 6.61 Å². The SMILES string of the molecule is CCCCO.CCOP(O)OCC. The summed E-state index contributed by atoms with van der Waals surface area (Å²) in [6.45, 7) is 7.02. The molecule has 0 aromatic rings. The fraction of sp³-hybridized carbons (Fsp3) is 1.00.